The predicted molar refractivity (Wildman–Crippen MR) is 77.2 cm³/mol. The summed E-state index contributed by atoms with van der Waals surface area (Å²) in [7, 11) is 0. The maximum atomic E-state index is 5.90. The Morgan fingerprint density at radius 1 is 1.31 bits per heavy atom. The quantitative estimate of drug-likeness (QED) is 0.601. The average Bonchev–Trinajstić information content (AvgIpc) is 2.32. The number of likely N-dealkylation sites (N-methyl/N-ethyl adjacent to an activating group) is 1. The first kappa shape index (κ1) is 16.3. The van der Waals surface area contributed by atoms with Crippen LogP contribution in [0.15, 0.2) is 0 Å². The molecule has 0 rings (SSSR count). The fourth-order valence-corrected chi connectivity index (χ4v) is 2.43. The molecule has 0 heterocycles. The molecule has 16 heavy (non-hydrogen) atoms. The van der Waals surface area contributed by atoms with E-state index >= 15 is 0 Å². The third kappa shape index (κ3) is 6.77. The highest BCUT2D eigenvalue weighted by atomic mass is 32.2. The van der Waals surface area contributed by atoms with Gasteiger partial charge in [-0.3, -0.25) is 4.90 Å². The summed E-state index contributed by atoms with van der Waals surface area (Å²) in [6.45, 7) is 9.99. The Morgan fingerprint density at radius 3 is 2.44 bits per heavy atom. The third-order valence-electron chi connectivity index (χ3n) is 3.32. The second-order valence-corrected chi connectivity index (χ2v) is 5.61. The molecule has 0 saturated carbocycles. The number of hydrogen-bond donors (Lipinski definition) is 1. The van der Waals surface area contributed by atoms with Gasteiger partial charge in [-0.2, -0.15) is 11.8 Å². The van der Waals surface area contributed by atoms with Gasteiger partial charge < -0.3 is 5.73 Å². The normalized spacial score (nSPS) is 15.4. The van der Waals surface area contributed by atoms with Crippen molar-refractivity contribution < 1.29 is 0 Å². The molecule has 0 fully saturated rings. The van der Waals surface area contributed by atoms with Gasteiger partial charge in [0.25, 0.3) is 0 Å². The smallest absolute Gasteiger partial charge is 0.0218 e. The summed E-state index contributed by atoms with van der Waals surface area (Å²) in [6.07, 6.45) is 5.98. The summed E-state index contributed by atoms with van der Waals surface area (Å²) < 4.78 is 0. The van der Waals surface area contributed by atoms with E-state index in [-0.39, 0.29) is 0 Å². The van der Waals surface area contributed by atoms with Crippen LogP contribution in [0.25, 0.3) is 0 Å². The second-order valence-electron chi connectivity index (χ2n) is 4.63. The van der Waals surface area contributed by atoms with Gasteiger partial charge in [-0.15, -0.1) is 0 Å². The first-order chi connectivity index (χ1) is 7.69. The van der Waals surface area contributed by atoms with Gasteiger partial charge in [0, 0.05) is 19.1 Å². The first-order valence-electron chi connectivity index (χ1n) is 6.62. The molecule has 0 saturated heterocycles. The Kier molecular flexibility index (Phi) is 10.6. The molecular formula is C13H30N2S. The monoisotopic (exact) mass is 246 g/mol. The van der Waals surface area contributed by atoms with E-state index in [1.165, 1.54) is 31.6 Å². The molecule has 2 nitrogen and oxygen atoms in total. The summed E-state index contributed by atoms with van der Waals surface area (Å²) in [5.41, 5.74) is 5.90. The van der Waals surface area contributed by atoms with Crippen molar-refractivity contribution in [3.05, 3.63) is 0 Å². The fraction of sp³-hybridized carbons (Fsp3) is 1.00. The van der Waals surface area contributed by atoms with Gasteiger partial charge in [0.2, 0.25) is 0 Å². The molecule has 2 atom stereocenters. The van der Waals surface area contributed by atoms with Crippen LogP contribution >= 0.6 is 11.8 Å². The largest absolute Gasteiger partial charge is 0.329 e. The minimum atomic E-state index is 0.589. The molecule has 0 spiro atoms. The molecule has 0 aromatic rings. The molecule has 2 unspecified atom stereocenters. The van der Waals surface area contributed by atoms with Crippen molar-refractivity contribution in [3.63, 3.8) is 0 Å². The van der Waals surface area contributed by atoms with Gasteiger partial charge in [-0.1, -0.05) is 27.2 Å². The van der Waals surface area contributed by atoms with Gasteiger partial charge >= 0.3 is 0 Å². The number of thioether (sulfide) groups is 1. The molecule has 0 bridgehead atoms. The first-order valence-corrected chi connectivity index (χ1v) is 8.01. The van der Waals surface area contributed by atoms with E-state index in [1.807, 2.05) is 11.8 Å². The lowest BCUT2D eigenvalue weighted by Gasteiger charge is -2.32. The van der Waals surface area contributed by atoms with Crippen LogP contribution in [0.1, 0.15) is 40.0 Å². The molecule has 3 heteroatoms. The molecule has 2 N–H and O–H groups in total. The second kappa shape index (κ2) is 10.4. The highest BCUT2D eigenvalue weighted by Gasteiger charge is 2.16. The van der Waals surface area contributed by atoms with E-state index in [4.69, 9.17) is 5.73 Å². The van der Waals surface area contributed by atoms with Crippen LogP contribution in [-0.4, -0.2) is 42.6 Å². The van der Waals surface area contributed by atoms with E-state index in [9.17, 15) is 0 Å². The molecule has 0 radical (unpaired) electrons. The zero-order valence-electron chi connectivity index (χ0n) is 11.5. The summed E-state index contributed by atoms with van der Waals surface area (Å²) in [6, 6.07) is 0.589. The Morgan fingerprint density at radius 2 is 2.00 bits per heavy atom. The lowest BCUT2D eigenvalue weighted by molar-refractivity contribution is 0.173. The topological polar surface area (TPSA) is 29.3 Å². The van der Waals surface area contributed by atoms with Crippen molar-refractivity contribution in [2.45, 2.75) is 46.1 Å². The summed E-state index contributed by atoms with van der Waals surface area (Å²) in [4.78, 5) is 2.56. The highest BCUT2D eigenvalue weighted by Crippen LogP contribution is 2.12. The Bertz CT molecular complexity index is 153. The lowest BCUT2D eigenvalue weighted by Crippen LogP contribution is -2.42. The Labute approximate surface area is 106 Å². The van der Waals surface area contributed by atoms with Crippen molar-refractivity contribution in [1.82, 2.24) is 4.90 Å². The lowest BCUT2D eigenvalue weighted by atomic mass is 10.1. The van der Waals surface area contributed by atoms with Crippen molar-refractivity contribution in [1.29, 1.82) is 0 Å². The standard InChI is InChI=1S/C13H30N2S/c1-5-12(3)11-15(6-2)13(10-14)8-7-9-16-4/h12-13H,5-11,14H2,1-4H3. The predicted octanol–water partition coefficient (Wildman–Crippen LogP) is 2.82. The van der Waals surface area contributed by atoms with Crippen LogP contribution < -0.4 is 5.73 Å². The third-order valence-corrected chi connectivity index (χ3v) is 4.02. The van der Waals surface area contributed by atoms with Gasteiger partial charge in [0.15, 0.2) is 0 Å². The minimum absolute atomic E-state index is 0.589. The van der Waals surface area contributed by atoms with E-state index in [2.05, 4.69) is 31.9 Å². The van der Waals surface area contributed by atoms with Crippen LogP contribution in [0.2, 0.25) is 0 Å². The number of nitrogens with two attached hydrogens (primary N) is 1. The maximum absolute atomic E-state index is 5.90. The molecule has 0 amide bonds. The van der Waals surface area contributed by atoms with E-state index in [0.717, 1.165) is 19.0 Å². The zero-order chi connectivity index (χ0) is 12.4. The molecule has 98 valence electrons. The zero-order valence-corrected chi connectivity index (χ0v) is 12.4. The van der Waals surface area contributed by atoms with E-state index < -0.39 is 0 Å². The molecular weight excluding hydrogens is 216 g/mol. The molecule has 0 aromatic carbocycles. The van der Waals surface area contributed by atoms with Gasteiger partial charge in [-0.25, -0.2) is 0 Å². The van der Waals surface area contributed by atoms with Gasteiger partial charge in [0.1, 0.15) is 0 Å². The van der Waals surface area contributed by atoms with Gasteiger partial charge in [-0.05, 0) is 37.3 Å². The van der Waals surface area contributed by atoms with Crippen molar-refractivity contribution in [2.24, 2.45) is 11.7 Å². The Hall–Kier alpha value is 0.270. The number of rotatable bonds is 10. The van der Waals surface area contributed by atoms with Crippen LogP contribution in [0.4, 0.5) is 0 Å². The molecule has 0 aliphatic rings. The summed E-state index contributed by atoms with van der Waals surface area (Å²) in [5.74, 6) is 2.05. The van der Waals surface area contributed by atoms with Crippen LogP contribution in [-0.2, 0) is 0 Å². The van der Waals surface area contributed by atoms with Crippen molar-refractivity contribution in [3.8, 4) is 0 Å². The fourth-order valence-electron chi connectivity index (χ4n) is 1.98. The van der Waals surface area contributed by atoms with Crippen molar-refractivity contribution >= 4 is 11.8 Å². The molecule has 0 aliphatic carbocycles. The SMILES string of the molecule is CCC(C)CN(CC)C(CN)CCCSC. The average molecular weight is 246 g/mol. The van der Waals surface area contributed by atoms with E-state index in [1.54, 1.807) is 0 Å². The van der Waals surface area contributed by atoms with Crippen LogP contribution in [0.3, 0.4) is 0 Å². The minimum Gasteiger partial charge on any atom is -0.329 e. The maximum Gasteiger partial charge on any atom is 0.0218 e. The summed E-state index contributed by atoms with van der Waals surface area (Å²) >= 11 is 1.93. The number of hydrogen-bond acceptors (Lipinski definition) is 3. The number of nitrogens with zero attached hydrogens (tertiary/aromatic N) is 1. The van der Waals surface area contributed by atoms with Gasteiger partial charge in [0.05, 0.1) is 0 Å². The molecule has 0 aliphatic heterocycles. The summed E-state index contributed by atoms with van der Waals surface area (Å²) in [5, 5.41) is 0. The molecule has 0 aromatic heterocycles. The van der Waals surface area contributed by atoms with Crippen LogP contribution in [0, 0.1) is 5.92 Å². The Balaban J connectivity index is 4.05. The van der Waals surface area contributed by atoms with E-state index in [0.29, 0.717) is 6.04 Å². The van der Waals surface area contributed by atoms with Crippen molar-refractivity contribution in [2.75, 3.05) is 31.6 Å². The van der Waals surface area contributed by atoms with Crippen LogP contribution in [0.5, 0.6) is 0 Å². The highest BCUT2D eigenvalue weighted by molar-refractivity contribution is 7.98.